The summed E-state index contributed by atoms with van der Waals surface area (Å²) in [6.45, 7) is 1.57. The van der Waals surface area contributed by atoms with Crippen LogP contribution in [0.5, 0.6) is 5.75 Å². The van der Waals surface area contributed by atoms with E-state index in [1.54, 1.807) is 42.9 Å². The summed E-state index contributed by atoms with van der Waals surface area (Å²) in [5.41, 5.74) is 0.900. The number of hydrogen-bond acceptors (Lipinski definition) is 4. The Bertz CT molecular complexity index is 1120. The zero-order valence-electron chi connectivity index (χ0n) is 17.0. The fourth-order valence-electron chi connectivity index (χ4n) is 3.05. The van der Waals surface area contributed by atoms with E-state index in [2.05, 4.69) is 10.2 Å². The molecule has 6 nitrogen and oxygen atoms in total. The van der Waals surface area contributed by atoms with Gasteiger partial charge in [-0.2, -0.15) is 10.2 Å². The fourth-order valence-corrected chi connectivity index (χ4v) is 3.05. The number of rotatable bonds is 8. The Kier molecular flexibility index (Phi) is 6.57. The second-order valence-electron chi connectivity index (χ2n) is 6.79. The van der Waals surface area contributed by atoms with Gasteiger partial charge in [0.25, 0.3) is 12.9 Å². The van der Waals surface area contributed by atoms with Crippen molar-refractivity contribution in [2.75, 3.05) is 7.11 Å². The van der Waals surface area contributed by atoms with Gasteiger partial charge in [-0.05, 0) is 36.8 Å². The predicted molar refractivity (Wildman–Crippen MR) is 106 cm³/mol. The smallest absolute Gasteiger partial charge is 0.282 e. The molecule has 0 saturated heterocycles. The van der Waals surface area contributed by atoms with Crippen molar-refractivity contribution in [1.82, 2.24) is 19.6 Å². The number of ether oxygens (including phenoxy) is 1. The van der Waals surface area contributed by atoms with Crippen LogP contribution in [0.25, 0.3) is 6.08 Å². The number of allylic oxidation sites excluding steroid dienone is 1. The number of alkyl halides is 4. The highest BCUT2D eigenvalue weighted by Crippen LogP contribution is 2.28. The molecule has 1 aromatic carbocycles. The molecule has 31 heavy (non-hydrogen) atoms. The largest absolute Gasteiger partial charge is 0.496 e. The number of aryl methyl sites for hydroxylation is 1. The van der Waals surface area contributed by atoms with Crippen molar-refractivity contribution in [2.45, 2.75) is 26.3 Å². The third kappa shape index (κ3) is 4.84. The standard InChI is InChI=1S/C21H20F4N4O2/c1-12-15(10-26-28(12)2)18(30)6-4-13-5-7-19(31-3)14(8-13)11-29-17(21(24)25)9-16(27-29)20(22)23/h4-10,20-21H,11H2,1-3H3/b6-4+. The molecule has 3 aromatic rings. The van der Waals surface area contributed by atoms with E-state index in [0.29, 0.717) is 28.5 Å². The molecule has 0 atom stereocenters. The number of aromatic nitrogens is 4. The highest BCUT2D eigenvalue weighted by molar-refractivity contribution is 6.07. The third-order valence-corrected chi connectivity index (χ3v) is 4.83. The molecule has 0 amide bonds. The normalized spacial score (nSPS) is 11.8. The monoisotopic (exact) mass is 436 g/mol. The second kappa shape index (κ2) is 9.15. The summed E-state index contributed by atoms with van der Waals surface area (Å²) in [5, 5.41) is 7.64. The number of nitrogens with zero attached hydrogens (tertiary/aromatic N) is 4. The Morgan fingerprint density at radius 3 is 2.52 bits per heavy atom. The summed E-state index contributed by atoms with van der Waals surface area (Å²) >= 11 is 0. The minimum Gasteiger partial charge on any atom is -0.496 e. The van der Waals surface area contributed by atoms with Crippen LogP contribution in [0.1, 0.15) is 51.4 Å². The summed E-state index contributed by atoms with van der Waals surface area (Å²) in [7, 11) is 3.14. The van der Waals surface area contributed by atoms with Crippen LogP contribution in [0, 0.1) is 6.92 Å². The molecule has 0 aliphatic heterocycles. The van der Waals surface area contributed by atoms with E-state index in [4.69, 9.17) is 4.74 Å². The van der Waals surface area contributed by atoms with Crippen molar-refractivity contribution in [3.05, 3.63) is 70.3 Å². The lowest BCUT2D eigenvalue weighted by Gasteiger charge is -2.12. The maximum absolute atomic E-state index is 13.3. The van der Waals surface area contributed by atoms with Gasteiger partial charge < -0.3 is 4.74 Å². The van der Waals surface area contributed by atoms with Crippen LogP contribution in [0.15, 0.2) is 36.5 Å². The Morgan fingerprint density at radius 1 is 1.19 bits per heavy atom. The molecule has 3 rings (SSSR count). The average Bonchev–Trinajstić information content (AvgIpc) is 3.30. The number of benzene rings is 1. The van der Waals surface area contributed by atoms with E-state index in [1.807, 2.05) is 0 Å². The number of halogens is 4. The van der Waals surface area contributed by atoms with Crippen LogP contribution in [-0.4, -0.2) is 32.5 Å². The van der Waals surface area contributed by atoms with E-state index >= 15 is 0 Å². The van der Waals surface area contributed by atoms with Gasteiger partial charge in [0.2, 0.25) is 0 Å². The van der Waals surface area contributed by atoms with Crippen LogP contribution < -0.4 is 4.74 Å². The van der Waals surface area contributed by atoms with Gasteiger partial charge in [-0.3, -0.25) is 14.2 Å². The summed E-state index contributed by atoms with van der Waals surface area (Å²) in [4.78, 5) is 12.4. The lowest BCUT2D eigenvalue weighted by molar-refractivity contribution is 0.104. The molecular formula is C21H20F4N4O2. The summed E-state index contributed by atoms with van der Waals surface area (Å²) in [5.74, 6) is 0.137. The van der Waals surface area contributed by atoms with Crippen molar-refractivity contribution in [3.8, 4) is 5.75 Å². The molecule has 164 valence electrons. The lowest BCUT2D eigenvalue weighted by atomic mass is 10.1. The second-order valence-corrected chi connectivity index (χ2v) is 6.79. The number of hydrogen-bond donors (Lipinski definition) is 0. The van der Waals surface area contributed by atoms with Crippen LogP contribution in [-0.2, 0) is 13.6 Å². The highest BCUT2D eigenvalue weighted by Gasteiger charge is 2.22. The van der Waals surface area contributed by atoms with Crippen molar-refractivity contribution in [3.63, 3.8) is 0 Å². The Balaban J connectivity index is 1.89. The molecule has 0 saturated carbocycles. The Hall–Kier alpha value is -3.43. The molecule has 2 aromatic heterocycles. The lowest BCUT2D eigenvalue weighted by Crippen LogP contribution is -2.08. The molecular weight excluding hydrogens is 416 g/mol. The van der Waals surface area contributed by atoms with Crippen LogP contribution in [0.2, 0.25) is 0 Å². The number of methoxy groups -OCH3 is 1. The highest BCUT2D eigenvalue weighted by atomic mass is 19.3. The Morgan fingerprint density at radius 2 is 1.94 bits per heavy atom. The summed E-state index contributed by atoms with van der Waals surface area (Å²) in [6.07, 6.45) is -1.50. The van der Waals surface area contributed by atoms with Crippen molar-refractivity contribution in [2.24, 2.45) is 7.05 Å². The van der Waals surface area contributed by atoms with E-state index in [-0.39, 0.29) is 12.3 Å². The number of ketones is 1. The van der Waals surface area contributed by atoms with Gasteiger partial charge >= 0.3 is 0 Å². The molecule has 10 heteroatoms. The van der Waals surface area contributed by atoms with Crippen molar-refractivity contribution < 1.29 is 27.1 Å². The van der Waals surface area contributed by atoms with E-state index in [0.717, 1.165) is 10.4 Å². The van der Waals surface area contributed by atoms with Crippen molar-refractivity contribution >= 4 is 11.9 Å². The van der Waals surface area contributed by atoms with Gasteiger partial charge in [0, 0.05) is 18.3 Å². The van der Waals surface area contributed by atoms with Crippen LogP contribution in [0.4, 0.5) is 17.6 Å². The topological polar surface area (TPSA) is 61.9 Å². The Labute approximate surface area is 175 Å². The average molecular weight is 436 g/mol. The molecule has 0 unspecified atom stereocenters. The van der Waals surface area contributed by atoms with Gasteiger partial charge in [-0.1, -0.05) is 12.1 Å². The predicted octanol–water partition coefficient (Wildman–Crippen LogP) is 4.75. The zero-order valence-corrected chi connectivity index (χ0v) is 17.0. The maximum Gasteiger partial charge on any atom is 0.282 e. The molecule has 0 bridgehead atoms. The third-order valence-electron chi connectivity index (χ3n) is 4.83. The summed E-state index contributed by atoms with van der Waals surface area (Å²) < 4.78 is 60.1. The summed E-state index contributed by atoms with van der Waals surface area (Å²) in [6, 6.07) is 5.61. The molecule has 0 N–H and O–H groups in total. The first-order valence-corrected chi connectivity index (χ1v) is 9.23. The van der Waals surface area contributed by atoms with Crippen molar-refractivity contribution in [1.29, 1.82) is 0 Å². The van der Waals surface area contributed by atoms with Gasteiger partial charge in [-0.15, -0.1) is 0 Å². The van der Waals surface area contributed by atoms with E-state index < -0.39 is 24.2 Å². The van der Waals surface area contributed by atoms with E-state index in [1.165, 1.54) is 19.4 Å². The van der Waals surface area contributed by atoms with Crippen LogP contribution in [0.3, 0.4) is 0 Å². The van der Waals surface area contributed by atoms with E-state index in [9.17, 15) is 22.4 Å². The minimum atomic E-state index is -2.96. The maximum atomic E-state index is 13.3. The first-order chi connectivity index (χ1) is 14.7. The minimum absolute atomic E-state index is 0.201. The molecule has 0 aliphatic rings. The fraction of sp³-hybridized carbons (Fsp3) is 0.286. The first kappa shape index (κ1) is 22.3. The van der Waals surface area contributed by atoms with Gasteiger partial charge in [-0.25, -0.2) is 17.6 Å². The van der Waals surface area contributed by atoms with Crippen LogP contribution >= 0.6 is 0 Å². The van der Waals surface area contributed by atoms with Gasteiger partial charge in [0.15, 0.2) is 5.78 Å². The van der Waals surface area contributed by atoms with Gasteiger partial charge in [0.05, 0.1) is 25.4 Å². The molecule has 0 aliphatic carbocycles. The molecule has 2 heterocycles. The number of carbonyl (C=O) groups excluding carboxylic acids is 1. The quantitative estimate of drug-likeness (QED) is 0.290. The molecule has 0 fully saturated rings. The SMILES string of the molecule is COc1ccc(/C=C/C(=O)c2cnn(C)c2C)cc1Cn1nc(C(F)F)cc1C(F)F. The molecule has 0 radical (unpaired) electrons. The number of carbonyl (C=O) groups is 1. The zero-order chi connectivity index (χ0) is 22.7. The molecule has 0 spiro atoms. The first-order valence-electron chi connectivity index (χ1n) is 9.23. The van der Waals surface area contributed by atoms with Gasteiger partial charge in [0.1, 0.15) is 17.1 Å².